The molecule has 0 saturated heterocycles. The van der Waals surface area contributed by atoms with Gasteiger partial charge in [0.05, 0.1) is 5.69 Å². The number of aromatic nitrogens is 2. The first-order valence-electron chi connectivity index (χ1n) is 7.18. The molecular formula is C16H14ClF2N3. The molecule has 114 valence electrons. The van der Waals surface area contributed by atoms with Crippen molar-refractivity contribution in [1.82, 2.24) is 9.97 Å². The van der Waals surface area contributed by atoms with Crippen molar-refractivity contribution in [3.63, 3.8) is 0 Å². The molecule has 0 radical (unpaired) electrons. The van der Waals surface area contributed by atoms with Gasteiger partial charge in [0.25, 0.3) is 5.92 Å². The first-order chi connectivity index (χ1) is 10.4. The summed E-state index contributed by atoms with van der Waals surface area (Å²) < 4.78 is 27.1. The SMILES string of the molecule is CC(F)(F)c1cccc(N2CC3(CC3)c3cnc(Cl)cc32)n1. The van der Waals surface area contributed by atoms with E-state index in [4.69, 9.17) is 11.6 Å². The number of fused-ring (bicyclic) bond motifs is 2. The molecule has 0 bridgehead atoms. The normalized spacial score (nSPS) is 18.6. The smallest absolute Gasteiger partial charge is 0.287 e. The molecular weight excluding hydrogens is 308 g/mol. The maximum atomic E-state index is 13.5. The van der Waals surface area contributed by atoms with E-state index >= 15 is 0 Å². The van der Waals surface area contributed by atoms with Gasteiger partial charge in [-0.3, -0.25) is 0 Å². The molecule has 22 heavy (non-hydrogen) atoms. The molecule has 2 aromatic heterocycles. The van der Waals surface area contributed by atoms with Gasteiger partial charge in [-0.15, -0.1) is 0 Å². The molecule has 0 N–H and O–H groups in total. The van der Waals surface area contributed by atoms with Crippen LogP contribution in [-0.4, -0.2) is 16.5 Å². The van der Waals surface area contributed by atoms with E-state index in [2.05, 4.69) is 9.97 Å². The van der Waals surface area contributed by atoms with E-state index in [1.165, 1.54) is 6.07 Å². The van der Waals surface area contributed by atoms with E-state index in [0.29, 0.717) is 11.0 Å². The lowest BCUT2D eigenvalue weighted by molar-refractivity contribution is 0.0129. The van der Waals surface area contributed by atoms with Crippen molar-refractivity contribution in [1.29, 1.82) is 0 Å². The fourth-order valence-electron chi connectivity index (χ4n) is 3.13. The summed E-state index contributed by atoms with van der Waals surface area (Å²) in [4.78, 5) is 10.3. The number of anilines is 2. The number of pyridine rings is 2. The second-order valence-corrected chi connectivity index (χ2v) is 6.55. The van der Waals surface area contributed by atoms with E-state index in [9.17, 15) is 8.78 Å². The minimum atomic E-state index is -2.95. The van der Waals surface area contributed by atoms with Crippen molar-refractivity contribution in [2.24, 2.45) is 0 Å². The molecule has 1 saturated carbocycles. The number of hydrogen-bond acceptors (Lipinski definition) is 3. The van der Waals surface area contributed by atoms with Crippen LogP contribution in [0.5, 0.6) is 0 Å². The Morgan fingerprint density at radius 2 is 2.09 bits per heavy atom. The Morgan fingerprint density at radius 1 is 1.32 bits per heavy atom. The fraction of sp³-hybridized carbons (Fsp3) is 0.375. The third kappa shape index (κ3) is 2.07. The van der Waals surface area contributed by atoms with Gasteiger partial charge in [-0.2, -0.15) is 8.78 Å². The largest absolute Gasteiger partial charge is 0.325 e. The van der Waals surface area contributed by atoms with Crippen LogP contribution in [0.15, 0.2) is 30.5 Å². The third-order valence-electron chi connectivity index (χ3n) is 4.49. The lowest BCUT2D eigenvalue weighted by Gasteiger charge is -2.20. The molecule has 0 amide bonds. The topological polar surface area (TPSA) is 29.0 Å². The molecule has 2 aromatic rings. The number of halogens is 3. The molecule has 3 heterocycles. The summed E-state index contributed by atoms with van der Waals surface area (Å²) in [6, 6.07) is 6.53. The molecule has 1 aliphatic carbocycles. The zero-order valence-corrected chi connectivity index (χ0v) is 12.7. The Hall–Kier alpha value is -1.75. The molecule has 1 fully saturated rings. The molecule has 2 aliphatic rings. The number of nitrogens with zero attached hydrogens (tertiary/aromatic N) is 3. The second kappa shape index (κ2) is 4.38. The number of alkyl halides is 2. The zero-order valence-electron chi connectivity index (χ0n) is 12.0. The van der Waals surface area contributed by atoms with Crippen LogP contribution in [0, 0.1) is 0 Å². The van der Waals surface area contributed by atoms with Crippen LogP contribution >= 0.6 is 11.6 Å². The molecule has 1 aliphatic heterocycles. The van der Waals surface area contributed by atoms with Crippen LogP contribution < -0.4 is 4.90 Å². The molecule has 6 heteroatoms. The first kappa shape index (κ1) is 13.9. The van der Waals surface area contributed by atoms with Crippen LogP contribution in [0.4, 0.5) is 20.3 Å². The van der Waals surface area contributed by atoms with Crippen LogP contribution in [0.25, 0.3) is 0 Å². The predicted molar refractivity (Wildman–Crippen MR) is 81.0 cm³/mol. The molecule has 1 spiro atoms. The van der Waals surface area contributed by atoms with E-state index in [0.717, 1.165) is 37.6 Å². The van der Waals surface area contributed by atoms with Gasteiger partial charge in [0.2, 0.25) is 0 Å². The average molecular weight is 322 g/mol. The monoisotopic (exact) mass is 321 g/mol. The molecule has 0 unspecified atom stereocenters. The summed E-state index contributed by atoms with van der Waals surface area (Å²) in [7, 11) is 0. The van der Waals surface area contributed by atoms with E-state index in [1.54, 1.807) is 18.2 Å². The van der Waals surface area contributed by atoms with Gasteiger partial charge >= 0.3 is 0 Å². The average Bonchev–Trinajstić information content (AvgIpc) is 3.17. The Labute approximate surface area is 131 Å². The summed E-state index contributed by atoms with van der Waals surface area (Å²) in [5, 5.41) is 0.401. The van der Waals surface area contributed by atoms with Gasteiger partial charge in [0.15, 0.2) is 0 Å². The van der Waals surface area contributed by atoms with Crippen molar-refractivity contribution < 1.29 is 8.78 Å². The maximum absolute atomic E-state index is 13.5. The van der Waals surface area contributed by atoms with E-state index < -0.39 is 5.92 Å². The highest BCUT2D eigenvalue weighted by Gasteiger charge is 2.52. The Bertz CT molecular complexity index is 753. The summed E-state index contributed by atoms with van der Waals surface area (Å²) in [5.41, 5.74) is 1.96. The minimum absolute atomic E-state index is 0.0966. The van der Waals surface area contributed by atoms with Crippen LogP contribution in [0.2, 0.25) is 5.15 Å². The Kier molecular flexibility index (Phi) is 2.77. The first-order valence-corrected chi connectivity index (χ1v) is 7.56. The third-order valence-corrected chi connectivity index (χ3v) is 4.69. The zero-order chi connectivity index (χ0) is 15.5. The summed E-state index contributed by atoms with van der Waals surface area (Å²) >= 11 is 6.02. The van der Waals surface area contributed by atoms with Crippen LogP contribution in [0.3, 0.4) is 0 Å². The highest BCUT2D eigenvalue weighted by molar-refractivity contribution is 6.29. The minimum Gasteiger partial charge on any atom is -0.325 e. The van der Waals surface area contributed by atoms with Gasteiger partial charge in [0.1, 0.15) is 16.7 Å². The van der Waals surface area contributed by atoms with Gasteiger partial charge < -0.3 is 4.90 Å². The highest BCUT2D eigenvalue weighted by atomic mass is 35.5. The summed E-state index contributed by atoms with van der Waals surface area (Å²) in [6.45, 7) is 1.61. The summed E-state index contributed by atoms with van der Waals surface area (Å²) in [6.07, 6.45) is 3.98. The molecule has 0 atom stereocenters. The lowest BCUT2D eigenvalue weighted by Crippen LogP contribution is -2.21. The van der Waals surface area contributed by atoms with Crippen LogP contribution in [-0.2, 0) is 11.3 Å². The van der Waals surface area contributed by atoms with Crippen molar-refractivity contribution >= 4 is 23.1 Å². The fourth-order valence-corrected chi connectivity index (χ4v) is 3.28. The number of rotatable bonds is 2. The standard InChI is InChI=1S/C16H14ClF2N3/c1-15(18,19)12-3-2-4-14(21-12)22-9-16(5-6-16)10-8-20-13(17)7-11(10)22/h2-4,7-8H,5-6,9H2,1H3. The van der Waals surface area contributed by atoms with E-state index in [-0.39, 0.29) is 11.1 Å². The van der Waals surface area contributed by atoms with Crippen LogP contribution in [0.1, 0.15) is 31.0 Å². The molecule has 4 rings (SSSR count). The van der Waals surface area contributed by atoms with Gasteiger partial charge in [-0.05, 0) is 31.0 Å². The van der Waals surface area contributed by atoms with Gasteiger partial charge in [-0.1, -0.05) is 17.7 Å². The second-order valence-electron chi connectivity index (χ2n) is 6.16. The number of hydrogen-bond donors (Lipinski definition) is 0. The Balaban J connectivity index is 1.81. The highest BCUT2D eigenvalue weighted by Crippen LogP contribution is 2.57. The van der Waals surface area contributed by atoms with Crippen molar-refractivity contribution in [2.75, 3.05) is 11.4 Å². The predicted octanol–water partition coefficient (Wildman–Crippen LogP) is 4.43. The molecule has 3 nitrogen and oxygen atoms in total. The van der Waals surface area contributed by atoms with Gasteiger partial charge in [0, 0.05) is 30.6 Å². The molecule has 0 aromatic carbocycles. The maximum Gasteiger partial charge on any atom is 0.287 e. The van der Waals surface area contributed by atoms with Crippen molar-refractivity contribution in [2.45, 2.75) is 31.1 Å². The van der Waals surface area contributed by atoms with E-state index in [1.807, 2.05) is 11.1 Å². The van der Waals surface area contributed by atoms with Gasteiger partial charge in [-0.25, -0.2) is 9.97 Å². The van der Waals surface area contributed by atoms with Crippen molar-refractivity contribution in [3.8, 4) is 0 Å². The quantitative estimate of drug-likeness (QED) is 0.766. The lowest BCUT2D eigenvalue weighted by atomic mass is 10.0. The summed E-state index contributed by atoms with van der Waals surface area (Å²) in [5.74, 6) is -2.42. The van der Waals surface area contributed by atoms with Crippen molar-refractivity contribution in [3.05, 3.63) is 46.9 Å². The Morgan fingerprint density at radius 3 is 2.77 bits per heavy atom.